The van der Waals surface area contributed by atoms with Crippen molar-refractivity contribution in [3.63, 3.8) is 0 Å². The van der Waals surface area contributed by atoms with Crippen LogP contribution in [0.25, 0.3) is 0 Å². The number of rotatable bonds is 7. The third-order valence-electron chi connectivity index (χ3n) is 1.87. The molecule has 1 atom stereocenters. The Morgan fingerprint density at radius 1 is 1.31 bits per heavy atom. The summed E-state index contributed by atoms with van der Waals surface area (Å²) >= 11 is 0. The van der Waals surface area contributed by atoms with Gasteiger partial charge in [-0.15, -0.1) is 0 Å². The molecule has 0 rings (SSSR count). The van der Waals surface area contributed by atoms with E-state index >= 15 is 0 Å². The molecule has 0 saturated heterocycles. The second-order valence-corrected chi connectivity index (χ2v) is 5.23. The maximum Gasteiger partial charge on any atom is 0.422 e. The van der Waals surface area contributed by atoms with Crippen molar-refractivity contribution < 1.29 is 8.85 Å². The first kappa shape index (κ1) is 13.1. The lowest BCUT2D eigenvalue weighted by Gasteiger charge is -2.32. The van der Waals surface area contributed by atoms with E-state index in [-0.39, 0.29) is 0 Å². The van der Waals surface area contributed by atoms with Crippen LogP contribution in [0.15, 0.2) is 0 Å². The van der Waals surface area contributed by atoms with E-state index in [1.54, 1.807) is 14.2 Å². The van der Waals surface area contributed by atoms with E-state index < -0.39 is 14.6 Å². The van der Waals surface area contributed by atoms with Crippen LogP contribution in [0.3, 0.4) is 0 Å². The molecule has 4 nitrogen and oxygen atoms in total. The minimum absolute atomic E-state index is 0.475. The van der Waals surface area contributed by atoms with Crippen molar-refractivity contribution in [1.82, 2.24) is 5.32 Å². The molecule has 13 heavy (non-hydrogen) atoms. The summed E-state index contributed by atoms with van der Waals surface area (Å²) in [6.07, 6.45) is 1.89. The predicted octanol–water partition coefficient (Wildman–Crippen LogP) is 0.371. The van der Waals surface area contributed by atoms with E-state index in [0.29, 0.717) is 0 Å². The van der Waals surface area contributed by atoms with Crippen molar-refractivity contribution in [1.29, 1.82) is 0 Å². The Kier molecular flexibility index (Phi) is 6.53. The van der Waals surface area contributed by atoms with E-state index in [4.69, 9.17) is 14.6 Å². The largest absolute Gasteiger partial charge is 0.422 e. The third kappa shape index (κ3) is 3.74. The van der Waals surface area contributed by atoms with Gasteiger partial charge in [0.1, 0.15) is 5.29 Å². The topological polar surface area (TPSA) is 56.5 Å². The maximum absolute atomic E-state index is 6.17. The smallest absolute Gasteiger partial charge is 0.395 e. The van der Waals surface area contributed by atoms with Crippen molar-refractivity contribution in [3.05, 3.63) is 0 Å². The SMILES string of the molecule is CCCC(N)(NCC)[Si](OC)OC. The molecule has 0 amide bonds. The molecule has 0 aliphatic rings. The van der Waals surface area contributed by atoms with Crippen molar-refractivity contribution >= 4 is 9.28 Å². The Labute approximate surface area is 82.6 Å². The highest BCUT2D eigenvalue weighted by molar-refractivity contribution is 6.48. The molecule has 0 aliphatic carbocycles. The van der Waals surface area contributed by atoms with Crippen molar-refractivity contribution in [2.24, 2.45) is 5.73 Å². The zero-order chi connectivity index (χ0) is 10.3. The number of hydrogen-bond acceptors (Lipinski definition) is 4. The van der Waals surface area contributed by atoms with E-state index in [9.17, 15) is 0 Å². The van der Waals surface area contributed by atoms with Crippen LogP contribution < -0.4 is 11.1 Å². The van der Waals surface area contributed by atoms with Gasteiger partial charge in [0.05, 0.1) is 0 Å². The monoisotopic (exact) mass is 205 g/mol. The summed E-state index contributed by atoms with van der Waals surface area (Å²) in [5, 5.41) is 2.76. The van der Waals surface area contributed by atoms with Gasteiger partial charge in [-0.25, -0.2) is 0 Å². The summed E-state index contributed by atoms with van der Waals surface area (Å²) in [5.41, 5.74) is 6.17. The lowest BCUT2D eigenvalue weighted by Crippen LogP contribution is -2.65. The van der Waals surface area contributed by atoms with E-state index in [1.165, 1.54) is 0 Å². The van der Waals surface area contributed by atoms with Gasteiger partial charge in [-0.2, -0.15) is 0 Å². The standard InChI is InChI=1S/C8H21N2O2Si/c1-5-7-8(9,10-6-2)13(11-3)12-4/h10H,5-7,9H2,1-4H3. The first-order chi connectivity index (χ1) is 6.14. The third-order valence-corrected chi connectivity index (χ3v) is 3.77. The van der Waals surface area contributed by atoms with Gasteiger partial charge < -0.3 is 14.6 Å². The Hall–Kier alpha value is 0.0569. The normalized spacial score (nSPS) is 16.2. The molecule has 0 aromatic carbocycles. The fourth-order valence-electron chi connectivity index (χ4n) is 1.42. The van der Waals surface area contributed by atoms with E-state index in [0.717, 1.165) is 19.4 Å². The number of nitrogens with one attached hydrogen (secondary N) is 1. The average molecular weight is 205 g/mol. The quantitative estimate of drug-likeness (QED) is 0.466. The number of nitrogens with two attached hydrogens (primary N) is 1. The zero-order valence-corrected chi connectivity index (χ0v) is 10.0. The fraction of sp³-hybridized carbons (Fsp3) is 1.00. The summed E-state index contributed by atoms with van der Waals surface area (Å²) < 4.78 is 10.5. The molecular weight excluding hydrogens is 184 g/mol. The molecule has 0 aromatic rings. The molecule has 1 radical (unpaired) electrons. The lowest BCUT2D eigenvalue weighted by atomic mass is 10.3. The second-order valence-electron chi connectivity index (χ2n) is 2.95. The maximum atomic E-state index is 6.17. The first-order valence-electron chi connectivity index (χ1n) is 4.63. The molecule has 0 aliphatic heterocycles. The van der Waals surface area contributed by atoms with E-state index in [1.807, 2.05) is 6.92 Å². The van der Waals surface area contributed by atoms with Gasteiger partial charge in [0.2, 0.25) is 0 Å². The van der Waals surface area contributed by atoms with Crippen LogP contribution in [-0.4, -0.2) is 35.3 Å². The molecule has 5 heteroatoms. The van der Waals surface area contributed by atoms with Crippen LogP contribution in [0.2, 0.25) is 0 Å². The van der Waals surface area contributed by atoms with Crippen molar-refractivity contribution in [3.8, 4) is 0 Å². The molecule has 0 bridgehead atoms. The molecule has 0 aromatic heterocycles. The van der Waals surface area contributed by atoms with Gasteiger partial charge in [0.25, 0.3) is 0 Å². The van der Waals surface area contributed by atoms with E-state index in [2.05, 4.69) is 12.2 Å². The lowest BCUT2D eigenvalue weighted by molar-refractivity contribution is 0.219. The van der Waals surface area contributed by atoms with Crippen molar-refractivity contribution in [2.75, 3.05) is 20.8 Å². The number of hydrogen-bond donors (Lipinski definition) is 2. The summed E-state index contributed by atoms with van der Waals surface area (Å²) in [4.78, 5) is 0. The van der Waals surface area contributed by atoms with Gasteiger partial charge in [-0.3, -0.25) is 5.32 Å². The van der Waals surface area contributed by atoms with Crippen LogP contribution in [-0.2, 0) is 8.85 Å². The molecule has 0 saturated carbocycles. The van der Waals surface area contributed by atoms with Gasteiger partial charge >= 0.3 is 9.28 Å². The molecule has 0 spiro atoms. The Morgan fingerprint density at radius 3 is 2.15 bits per heavy atom. The molecule has 79 valence electrons. The highest BCUT2D eigenvalue weighted by atomic mass is 28.3. The Morgan fingerprint density at radius 2 is 1.85 bits per heavy atom. The van der Waals surface area contributed by atoms with Gasteiger partial charge in [-0.1, -0.05) is 20.3 Å². The highest BCUT2D eigenvalue weighted by Crippen LogP contribution is 2.11. The predicted molar refractivity (Wildman–Crippen MR) is 55.3 cm³/mol. The summed E-state index contributed by atoms with van der Waals surface area (Å²) in [6.45, 7) is 4.96. The second kappa shape index (κ2) is 6.50. The van der Waals surface area contributed by atoms with Gasteiger partial charge in [0.15, 0.2) is 0 Å². The molecule has 3 N–H and O–H groups in total. The van der Waals surface area contributed by atoms with Gasteiger partial charge in [-0.05, 0) is 13.0 Å². The van der Waals surface area contributed by atoms with Crippen LogP contribution in [0.1, 0.15) is 26.7 Å². The summed E-state index contributed by atoms with van der Waals surface area (Å²) in [5.74, 6) is 0. The minimum atomic E-state index is -1.42. The summed E-state index contributed by atoms with van der Waals surface area (Å²) in [6, 6.07) is 0. The van der Waals surface area contributed by atoms with Crippen LogP contribution in [0.4, 0.5) is 0 Å². The molecule has 0 fully saturated rings. The zero-order valence-electron chi connectivity index (χ0n) is 9.02. The molecular formula is C8H21N2O2Si. The minimum Gasteiger partial charge on any atom is -0.395 e. The van der Waals surface area contributed by atoms with Crippen LogP contribution in [0, 0.1) is 0 Å². The van der Waals surface area contributed by atoms with Crippen LogP contribution >= 0.6 is 0 Å². The Balaban J connectivity index is 4.33. The molecule has 0 heterocycles. The highest BCUT2D eigenvalue weighted by Gasteiger charge is 2.38. The average Bonchev–Trinajstić information content (AvgIpc) is 2.07. The van der Waals surface area contributed by atoms with Gasteiger partial charge in [0, 0.05) is 14.2 Å². The molecule has 1 unspecified atom stereocenters. The first-order valence-corrected chi connectivity index (χ1v) is 5.95. The summed E-state index contributed by atoms with van der Waals surface area (Å²) in [7, 11) is 1.87. The van der Waals surface area contributed by atoms with Crippen LogP contribution in [0.5, 0.6) is 0 Å². The Bertz CT molecular complexity index is 125. The fourth-order valence-corrected chi connectivity index (χ4v) is 3.09. The van der Waals surface area contributed by atoms with Crippen molar-refractivity contribution in [2.45, 2.75) is 32.0 Å².